The van der Waals surface area contributed by atoms with E-state index in [0.29, 0.717) is 11.3 Å². The highest BCUT2D eigenvalue weighted by Gasteiger charge is 2.21. The van der Waals surface area contributed by atoms with Crippen LogP contribution in [0.5, 0.6) is 0 Å². The van der Waals surface area contributed by atoms with Gasteiger partial charge in [0.1, 0.15) is 5.76 Å². The van der Waals surface area contributed by atoms with Crippen LogP contribution in [0.4, 0.5) is 0 Å². The minimum atomic E-state index is -0.877. The van der Waals surface area contributed by atoms with Crippen LogP contribution < -0.4 is 5.32 Å². The van der Waals surface area contributed by atoms with E-state index in [0.717, 1.165) is 16.7 Å². The maximum atomic E-state index is 12.3. The highest BCUT2D eigenvalue weighted by atomic mass is 16.5. The molecule has 2 rings (SSSR count). The van der Waals surface area contributed by atoms with E-state index in [-0.39, 0.29) is 12.5 Å². The van der Waals surface area contributed by atoms with Crippen molar-refractivity contribution in [2.24, 2.45) is 0 Å². The van der Waals surface area contributed by atoms with Crippen LogP contribution >= 0.6 is 0 Å². The molecule has 0 aliphatic heterocycles. The van der Waals surface area contributed by atoms with Crippen molar-refractivity contribution in [1.29, 1.82) is 0 Å². The van der Waals surface area contributed by atoms with Crippen LogP contribution in [0.1, 0.15) is 39.7 Å². The number of hydrogen-bond donors (Lipinski definition) is 1. The van der Waals surface area contributed by atoms with Gasteiger partial charge in [-0.15, -0.1) is 0 Å². The molecule has 0 saturated carbocycles. The predicted octanol–water partition coefficient (Wildman–Crippen LogP) is 3.07. The smallest absolute Gasteiger partial charge is 0.339 e. The first-order valence-electron chi connectivity index (χ1n) is 7.47. The van der Waals surface area contributed by atoms with Crippen molar-refractivity contribution in [2.75, 3.05) is 0 Å². The highest BCUT2D eigenvalue weighted by molar-refractivity contribution is 5.94. The summed E-state index contributed by atoms with van der Waals surface area (Å²) in [5.74, 6) is -0.208. The van der Waals surface area contributed by atoms with Crippen molar-refractivity contribution < 1.29 is 18.7 Å². The zero-order valence-corrected chi connectivity index (χ0v) is 13.8. The molecule has 1 N–H and O–H groups in total. The van der Waals surface area contributed by atoms with Crippen LogP contribution in [0, 0.1) is 20.8 Å². The maximum Gasteiger partial charge on any atom is 0.339 e. The summed E-state index contributed by atoms with van der Waals surface area (Å²) in [4.78, 5) is 24.3. The Kier molecular flexibility index (Phi) is 5.21. The molecule has 0 aliphatic carbocycles. The second kappa shape index (κ2) is 7.13. The number of nitrogens with one attached hydrogen (secondary N) is 1. The molecule has 23 heavy (non-hydrogen) atoms. The Hall–Kier alpha value is -2.56. The van der Waals surface area contributed by atoms with Gasteiger partial charge in [-0.05, 0) is 51.0 Å². The number of hydrogen-bond acceptors (Lipinski definition) is 4. The lowest BCUT2D eigenvalue weighted by Gasteiger charge is -2.15. The van der Waals surface area contributed by atoms with Gasteiger partial charge in [-0.3, -0.25) is 4.79 Å². The lowest BCUT2D eigenvalue weighted by Crippen LogP contribution is -2.35. The van der Waals surface area contributed by atoms with E-state index in [1.54, 1.807) is 19.1 Å². The minimum Gasteiger partial charge on any atom is -0.467 e. The Labute approximate surface area is 135 Å². The Morgan fingerprint density at radius 3 is 2.43 bits per heavy atom. The van der Waals surface area contributed by atoms with Crippen LogP contribution in [0.3, 0.4) is 0 Å². The van der Waals surface area contributed by atoms with Crippen LogP contribution in [0.2, 0.25) is 0 Å². The van der Waals surface area contributed by atoms with Crippen molar-refractivity contribution in [1.82, 2.24) is 5.32 Å². The summed E-state index contributed by atoms with van der Waals surface area (Å²) in [6, 6.07) is 7.35. The quantitative estimate of drug-likeness (QED) is 0.861. The monoisotopic (exact) mass is 315 g/mol. The SMILES string of the molecule is Cc1cc(C)c(C(=O)OC(C)C(=O)NCc2ccco2)c(C)c1. The summed E-state index contributed by atoms with van der Waals surface area (Å²) in [6.45, 7) is 7.50. The van der Waals surface area contributed by atoms with E-state index in [2.05, 4.69) is 5.32 Å². The summed E-state index contributed by atoms with van der Waals surface area (Å²) in [5.41, 5.74) is 3.29. The molecular formula is C18H21NO4. The molecule has 1 aromatic heterocycles. The topological polar surface area (TPSA) is 68.5 Å². The van der Waals surface area contributed by atoms with Crippen molar-refractivity contribution in [3.63, 3.8) is 0 Å². The average Bonchev–Trinajstić information content (AvgIpc) is 2.96. The molecule has 122 valence electrons. The summed E-state index contributed by atoms with van der Waals surface area (Å²) in [6.07, 6.45) is 0.658. The van der Waals surface area contributed by atoms with Crippen LogP contribution in [-0.2, 0) is 16.1 Å². The van der Waals surface area contributed by atoms with Crippen molar-refractivity contribution in [3.05, 3.63) is 58.5 Å². The lowest BCUT2D eigenvalue weighted by molar-refractivity contribution is -0.129. The first-order chi connectivity index (χ1) is 10.9. The molecule has 0 radical (unpaired) electrons. The van der Waals surface area contributed by atoms with Crippen LogP contribution in [0.25, 0.3) is 0 Å². The fraction of sp³-hybridized carbons (Fsp3) is 0.333. The molecule has 0 spiro atoms. The molecule has 1 unspecified atom stereocenters. The Morgan fingerprint density at radius 1 is 1.22 bits per heavy atom. The largest absolute Gasteiger partial charge is 0.467 e. The molecule has 0 saturated heterocycles. The van der Waals surface area contributed by atoms with Gasteiger partial charge in [-0.2, -0.15) is 0 Å². The molecule has 1 aromatic carbocycles. The summed E-state index contributed by atoms with van der Waals surface area (Å²) < 4.78 is 10.4. The van der Waals surface area contributed by atoms with E-state index < -0.39 is 12.1 Å². The normalized spacial score (nSPS) is 11.8. The van der Waals surface area contributed by atoms with Gasteiger partial charge in [0.25, 0.3) is 5.91 Å². The van der Waals surface area contributed by atoms with E-state index in [1.807, 2.05) is 32.9 Å². The number of esters is 1. The van der Waals surface area contributed by atoms with Gasteiger partial charge >= 0.3 is 5.97 Å². The van der Waals surface area contributed by atoms with E-state index in [4.69, 9.17) is 9.15 Å². The average molecular weight is 315 g/mol. The fourth-order valence-electron chi connectivity index (χ4n) is 2.51. The standard InChI is InChI=1S/C18H21NO4/c1-11-8-12(2)16(13(3)9-11)18(21)23-14(4)17(20)19-10-15-6-5-7-22-15/h5-9,14H,10H2,1-4H3,(H,19,20). The number of furan rings is 1. The zero-order valence-electron chi connectivity index (χ0n) is 13.8. The summed E-state index contributed by atoms with van der Waals surface area (Å²) >= 11 is 0. The number of amides is 1. The number of aryl methyl sites for hydroxylation is 3. The number of rotatable bonds is 5. The first-order valence-corrected chi connectivity index (χ1v) is 7.47. The van der Waals surface area contributed by atoms with E-state index in [1.165, 1.54) is 6.26 Å². The maximum absolute atomic E-state index is 12.3. The van der Waals surface area contributed by atoms with E-state index >= 15 is 0 Å². The molecule has 1 amide bonds. The van der Waals surface area contributed by atoms with Gasteiger partial charge < -0.3 is 14.5 Å². The minimum absolute atomic E-state index is 0.260. The molecule has 0 bridgehead atoms. The molecule has 0 fully saturated rings. The number of benzene rings is 1. The molecule has 1 atom stereocenters. The first kappa shape index (κ1) is 16.8. The molecule has 0 aliphatic rings. The Balaban J connectivity index is 1.98. The van der Waals surface area contributed by atoms with Gasteiger partial charge in [-0.25, -0.2) is 4.79 Å². The molecule has 5 heteroatoms. The molecule has 2 aromatic rings. The van der Waals surface area contributed by atoms with Crippen molar-refractivity contribution in [3.8, 4) is 0 Å². The third kappa shape index (κ3) is 4.22. The van der Waals surface area contributed by atoms with Crippen LogP contribution in [0.15, 0.2) is 34.9 Å². The summed E-state index contributed by atoms with van der Waals surface area (Å²) in [5, 5.41) is 2.67. The molecule has 5 nitrogen and oxygen atoms in total. The second-order valence-corrected chi connectivity index (χ2v) is 5.62. The third-order valence-electron chi connectivity index (χ3n) is 3.55. The van der Waals surface area contributed by atoms with Gasteiger partial charge in [0.2, 0.25) is 0 Å². The molecular weight excluding hydrogens is 294 g/mol. The number of carbonyl (C=O) groups excluding carboxylic acids is 2. The summed E-state index contributed by atoms with van der Waals surface area (Å²) in [7, 11) is 0. The van der Waals surface area contributed by atoms with Gasteiger partial charge in [-0.1, -0.05) is 17.7 Å². The van der Waals surface area contributed by atoms with Gasteiger partial charge in [0.05, 0.1) is 18.4 Å². The number of carbonyl (C=O) groups is 2. The fourth-order valence-corrected chi connectivity index (χ4v) is 2.51. The van der Waals surface area contributed by atoms with Crippen LogP contribution in [-0.4, -0.2) is 18.0 Å². The van der Waals surface area contributed by atoms with Gasteiger partial charge in [0.15, 0.2) is 6.10 Å². The third-order valence-corrected chi connectivity index (χ3v) is 3.55. The Morgan fingerprint density at radius 2 is 1.87 bits per heavy atom. The highest BCUT2D eigenvalue weighted by Crippen LogP contribution is 2.18. The number of ether oxygens (including phenoxy) is 1. The second-order valence-electron chi connectivity index (χ2n) is 5.62. The van der Waals surface area contributed by atoms with Gasteiger partial charge in [0, 0.05) is 0 Å². The van der Waals surface area contributed by atoms with Crippen molar-refractivity contribution in [2.45, 2.75) is 40.3 Å². The molecule has 1 heterocycles. The zero-order chi connectivity index (χ0) is 17.0. The predicted molar refractivity (Wildman–Crippen MR) is 86.1 cm³/mol. The lowest BCUT2D eigenvalue weighted by atomic mass is 10.00. The van der Waals surface area contributed by atoms with Crippen molar-refractivity contribution >= 4 is 11.9 Å². The Bertz CT molecular complexity index is 681. The van der Waals surface area contributed by atoms with E-state index in [9.17, 15) is 9.59 Å².